The van der Waals surface area contributed by atoms with E-state index in [2.05, 4.69) is 4.74 Å². The Morgan fingerprint density at radius 3 is 2.58 bits per heavy atom. The van der Waals surface area contributed by atoms with Crippen LogP contribution in [-0.4, -0.2) is 32.5 Å². The normalized spacial score (nSPS) is 11.2. The Hall–Kier alpha value is -0.660. The van der Waals surface area contributed by atoms with Gasteiger partial charge in [0, 0.05) is 6.42 Å². The van der Waals surface area contributed by atoms with Crippen molar-refractivity contribution in [2.75, 3.05) is 12.9 Å². The van der Waals surface area contributed by atoms with Gasteiger partial charge in [-0.2, -0.15) is 0 Å². The molecule has 0 bridgehead atoms. The van der Waals surface area contributed by atoms with Gasteiger partial charge in [0.25, 0.3) is 0 Å². The molecule has 0 unspecified atom stereocenters. The van der Waals surface area contributed by atoms with E-state index >= 15 is 0 Å². The molecular weight excluding hydrogens is 186 g/mol. The highest BCUT2D eigenvalue weighted by atomic mass is 32.2. The summed E-state index contributed by atoms with van der Waals surface area (Å²) in [6.45, 7) is 0. The lowest BCUT2D eigenvalue weighted by atomic mass is 10.3. The number of carbonyl (C=O) groups excluding carboxylic acids is 1. The molecule has 12 heavy (non-hydrogen) atoms. The maximum absolute atomic E-state index is 10.6. The molecule has 0 aliphatic rings. The van der Waals surface area contributed by atoms with Crippen molar-refractivity contribution >= 4 is 16.0 Å². The number of rotatable bonds is 5. The minimum atomic E-state index is -3.63. The first kappa shape index (κ1) is 11.3. The van der Waals surface area contributed by atoms with Gasteiger partial charge in [-0.25, -0.2) is 8.42 Å². The third kappa shape index (κ3) is 5.05. The molecule has 0 aromatic rings. The lowest BCUT2D eigenvalue weighted by Crippen LogP contribution is -2.23. The second-order valence-corrected chi connectivity index (χ2v) is 3.91. The molecule has 7 heteroatoms. The fourth-order valence-electron chi connectivity index (χ4n) is 0.554. The lowest BCUT2D eigenvalue weighted by molar-refractivity contribution is -0.140. The minimum Gasteiger partial charge on any atom is -0.469 e. The maximum Gasteiger partial charge on any atom is 0.305 e. The minimum absolute atomic E-state index is 0.0252. The highest BCUT2D eigenvalue weighted by Crippen LogP contribution is 1.95. The lowest BCUT2D eigenvalue weighted by Gasteiger charge is -1.99. The number of nitrogens with one attached hydrogen (secondary N) is 1. The molecule has 0 saturated heterocycles. The molecular formula is C5H11NO5S. The SMILES string of the molecule is COC(=O)CCCS(=O)(=O)NO. The highest BCUT2D eigenvalue weighted by Gasteiger charge is 2.09. The van der Waals surface area contributed by atoms with Crippen molar-refractivity contribution < 1.29 is 23.2 Å². The Labute approximate surface area is 70.5 Å². The van der Waals surface area contributed by atoms with E-state index in [1.807, 2.05) is 0 Å². The molecule has 0 aliphatic heterocycles. The Morgan fingerprint density at radius 2 is 2.17 bits per heavy atom. The molecule has 0 heterocycles. The molecule has 6 nitrogen and oxygen atoms in total. The van der Waals surface area contributed by atoms with Gasteiger partial charge in [0.1, 0.15) is 0 Å². The fourth-order valence-corrected chi connectivity index (χ4v) is 1.17. The van der Waals surface area contributed by atoms with Crippen LogP contribution in [0.5, 0.6) is 0 Å². The first-order valence-corrected chi connectivity index (χ1v) is 4.87. The van der Waals surface area contributed by atoms with Crippen LogP contribution in [0.3, 0.4) is 0 Å². The summed E-state index contributed by atoms with van der Waals surface area (Å²) in [5.74, 6) is -0.762. The first-order chi connectivity index (χ1) is 5.52. The summed E-state index contributed by atoms with van der Waals surface area (Å²) in [7, 11) is -2.40. The standard InChI is InChI=1S/C5H11NO5S/c1-11-5(7)3-2-4-12(9,10)6-8/h6,8H,2-4H2,1H3. The predicted octanol–water partition coefficient (Wildman–Crippen LogP) is -0.752. The average Bonchev–Trinajstić information content (AvgIpc) is 2.04. The van der Waals surface area contributed by atoms with E-state index in [1.54, 1.807) is 0 Å². The number of hydrogen-bond donors (Lipinski definition) is 2. The molecule has 0 rings (SSSR count). The summed E-state index contributed by atoms with van der Waals surface area (Å²) in [6, 6.07) is 0. The summed E-state index contributed by atoms with van der Waals surface area (Å²) in [4.78, 5) is 11.6. The Morgan fingerprint density at radius 1 is 1.58 bits per heavy atom. The van der Waals surface area contributed by atoms with E-state index in [-0.39, 0.29) is 18.6 Å². The van der Waals surface area contributed by atoms with Gasteiger partial charge in [-0.15, -0.1) is 0 Å². The van der Waals surface area contributed by atoms with Crippen LogP contribution in [0.2, 0.25) is 0 Å². The van der Waals surface area contributed by atoms with Crippen molar-refractivity contribution in [2.24, 2.45) is 0 Å². The summed E-state index contributed by atoms with van der Waals surface area (Å²) in [6.07, 6.45) is 0.153. The van der Waals surface area contributed by atoms with E-state index in [0.29, 0.717) is 0 Å². The smallest absolute Gasteiger partial charge is 0.305 e. The van der Waals surface area contributed by atoms with Gasteiger partial charge < -0.3 is 9.94 Å². The monoisotopic (exact) mass is 197 g/mol. The number of methoxy groups -OCH3 is 1. The zero-order valence-corrected chi connectivity index (χ0v) is 7.43. The van der Waals surface area contributed by atoms with E-state index < -0.39 is 16.0 Å². The predicted molar refractivity (Wildman–Crippen MR) is 40.0 cm³/mol. The van der Waals surface area contributed by atoms with Crippen LogP contribution in [-0.2, 0) is 19.6 Å². The van der Waals surface area contributed by atoms with Crippen molar-refractivity contribution in [2.45, 2.75) is 12.8 Å². The van der Waals surface area contributed by atoms with Crippen LogP contribution in [0, 0.1) is 0 Å². The van der Waals surface area contributed by atoms with Crippen LogP contribution in [0.15, 0.2) is 0 Å². The van der Waals surface area contributed by atoms with Gasteiger partial charge >= 0.3 is 5.97 Å². The molecule has 72 valence electrons. The molecule has 0 aromatic heterocycles. The largest absolute Gasteiger partial charge is 0.469 e. The molecule has 0 radical (unpaired) electrons. The van der Waals surface area contributed by atoms with Crippen molar-refractivity contribution in [3.63, 3.8) is 0 Å². The van der Waals surface area contributed by atoms with Crippen LogP contribution in [0.25, 0.3) is 0 Å². The summed E-state index contributed by atoms with van der Waals surface area (Å²) in [5, 5.41) is 8.06. The molecule has 0 aliphatic carbocycles. The Bertz CT molecular complexity index is 234. The summed E-state index contributed by atoms with van der Waals surface area (Å²) < 4.78 is 25.4. The second kappa shape index (κ2) is 5.07. The third-order valence-electron chi connectivity index (χ3n) is 1.16. The number of ether oxygens (including phenoxy) is 1. The highest BCUT2D eigenvalue weighted by molar-refractivity contribution is 7.89. The molecule has 0 aromatic carbocycles. The zero-order valence-electron chi connectivity index (χ0n) is 6.61. The van der Waals surface area contributed by atoms with Crippen LogP contribution in [0.4, 0.5) is 0 Å². The molecule has 0 fully saturated rings. The van der Waals surface area contributed by atoms with Gasteiger partial charge in [-0.3, -0.25) is 4.79 Å². The van der Waals surface area contributed by atoms with Crippen LogP contribution >= 0.6 is 0 Å². The van der Waals surface area contributed by atoms with E-state index in [9.17, 15) is 13.2 Å². The number of esters is 1. The summed E-state index contributed by atoms with van der Waals surface area (Å²) in [5.41, 5.74) is 0. The fraction of sp³-hybridized carbons (Fsp3) is 0.800. The summed E-state index contributed by atoms with van der Waals surface area (Å²) >= 11 is 0. The number of sulfonamides is 1. The number of carbonyl (C=O) groups is 1. The molecule has 0 spiro atoms. The van der Waals surface area contributed by atoms with E-state index in [4.69, 9.17) is 5.21 Å². The van der Waals surface area contributed by atoms with Crippen molar-refractivity contribution in [3.05, 3.63) is 0 Å². The van der Waals surface area contributed by atoms with Gasteiger partial charge in [-0.1, -0.05) is 4.89 Å². The van der Waals surface area contributed by atoms with Crippen molar-refractivity contribution in [3.8, 4) is 0 Å². The number of hydrogen-bond acceptors (Lipinski definition) is 5. The van der Waals surface area contributed by atoms with Gasteiger partial charge in [-0.05, 0) is 6.42 Å². The Balaban J connectivity index is 3.64. The third-order valence-corrected chi connectivity index (χ3v) is 2.27. The molecule has 0 atom stereocenters. The molecule has 0 saturated carbocycles. The second-order valence-electron chi connectivity index (χ2n) is 2.09. The van der Waals surface area contributed by atoms with Gasteiger partial charge in [0.05, 0.1) is 12.9 Å². The van der Waals surface area contributed by atoms with E-state index in [1.165, 1.54) is 7.11 Å². The van der Waals surface area contributed by atoms with Crippen LogP contribution < -0.4 is 4.89 Å². The van der Waals surface area contributed by atoms with Crippen molar-refractivity contribution in [1.82, 2.24) is 4.89 Å². The average molecular weight is 197 g/mol. The molecule has 2 N–H and O–H groups in total. The Kier molecular flexibility index (Phi) is 4.79. The van der Waals surface area contributed by atoms with E-state index in [0.717, 1.165) is 4.89 Å². The first-order valence-electron chi connectivity index (χ1n) is 3.22. The van der Waals surface area contributed by atoms with Gasteiger partial charge in [0.15, 0.2) is 0 Å². The molecule has 0 amide bonds. The zero-order chi connectivity index (χ0) is 9.61. The maximum atomic E-state index is 10.6. The van der Waals surface area contributed by atoms with Gasteiger partial charge in [0.2, 0.25) is 10.0 Å². The van der Waals surface area contributed by atoms with Crippen molar-refractivity contribution in [1.29, 1.82) is 0 Å². The quantitative estimate of drug-likeness (QED) is 0.446. The van der Waals surface area contributed by atoms with Crippen LogP contribution in [0.1, 0.15) is 12.8 Å². The topological polar surface area (TPSA) is 92.7 Å².